The Balaban J connectivity index is 1.58. The zero-order chi connectivity index (χ0) is 17.6. The van der Waals surface area contributed by atoms with Gasteiger partial charge in [-0.3, -0.25) is 9.78 Å². The summed E-state index contributed by atoms with van der Waals surface area (Å²) >= 11 is 0. The van der Waals surface area contributed by atoms with Crippen LogP contribution in [-0.4, -0.2) is 35.1 Å². The average Bonchev–Trinajstić information content (AvgIpc) is 3.14. The molecule has 25 heavy (non-hydrogen) atoms. The lowest BCUT2D eigenvalue weighted by Gasteiger charge is -2.12. The maximum absolute atomic E-state index is 12.3. The van der Waals surface area contributed by atoms with E-state index in [1.165, 1.54) is 0 Å². The molecule has 1 atom stereocenters. The fourth-order valence-corrected chi connectivity index (χ4v) is 2.83. The molecule has 0 radical (unpaired) electrons. The topological polar surface area (TPSA) is 76.1 Å². The molecule has 1 aromatic heterocycles. The molecule has 1 saturated heterocycles. The Hall–Kier alpha value is -2.47. The lowest BCUT2D eigenvalue weighted by Crippen LogP contribution is -2.31. The number of anilines is 1. The molecule has 1 aromatic carbocycles. The van der Waals surface area contributed by atoms with Crippen molar-refractivity contribution in [2.75, 3.05) is 18.5 Å². The Kier molecular flexibility index (Phi) is 5.60. The van der Waals surface area contributed by atoms with Gasteiger partial charge in [0.2, 0.25) is 0 Å². The molecule has 1 aliphatic rings. The number of amides is 1. The number of nitrogens with zero attached hydrogens (tertiary/aromatic N) is 2. The second-order valence-electron chi connectivity index (χ2n) is 6.34. The number of aromatic nitrogens is 2. The molecule has 6 nitrogen and oxygen atoms in total. The van der Waals surface area contributed by atoms with Crippen molar-refractivity contribution in [1.82, 2.24) is 15.3 Å². The third kappa shape index (κ3) is 4.76. The maximum Gasteiger partial charge on any atom is 0.251 e. The Morgan fingerprint density at radius 1 is 1.36 bits per heavy atom. The van der Waals surface area contributed by atoms with Gasteiger partial charge in [0.1, 0.15) is 5.82 Å². The summed E-state index contributed by atoms with van der Waals surface area (Å²) in [5, 5.41) is 6.24. The minimum atomic E-state index is -0.0659. The van der Waals surface area contributed by atoms with Crippen LogP contribution in [0, 0.1) is 13.8 Å². The van der Waals surface area contributed by atoms with E-state index in [0.29, 0.717) is 18.7 Å². The van der Waals surface area contributed by atoms with E-state index < -0.39 is 0 Å². The number of hydrogen-bond acceptors (Lipinski definition) is 5. The van der Waals surface area contributed by atoms with Crippen LogP contribution >= 0.6 is 0 Å². The molecule has 1 amide bonds. The third-order valence-electron chi connectivity index (χ3n) is 4.24. The van der Waals surface area contributed by atoms with Crippen molar-refractivity contribution in [3.05, 3.63) is 53.0 Å². The van der Waals surface area contributed by atoms with Crippen LogP contribution in [-0.2, 0) is 11.3 Å². The van der Waals surface area contributed by atoms with Crippen molar-refractivity contribution in [3.8, 4) is 0 Å². The highest BCUT2D eigenvalue weighted by atomic mass is 16.5. The van der Waals surface area contributed by atoms with Crippen molar-refractivity contribution in [1.29, 1.82) is 0 Å². The molecule has 132 valence electrons. The SMILES string of the molecule is Cc1cnc(C)c(NCc2cccc(C(=O)NCC3CCCO3)c2)n1. The summed E-state index contributed by atoms with van der Waals surface area (Å²) in [5.41, 5.74) is 3.41. The number of nitrogens with one attached hydrogen (secondary N) is 2. The van der Waals surface area contributed by atoms with Gasteiger partial charge >= 0.3 is 0 Å². The minimum absolute atomic E-state index is 0.0659. The standard InChI is InChI=1S/C19H24N4O2/c1-13-10-20-14(2)18(23-13)21-11-15-5-3-6-16(9-15)19(24)22-12-17-7-4-8-25-17/h3,5-6,9-10,17H,4,7-8,11-12H2,1-2H3,(H,21,23)(H,22,24). The van der Waals surface area contributed by atoms with Crippen LogP contribution in [0.2, 0.25) is 0 Å². The van der Waals surface area contributed by atoms with Gasteiger partial charge in [-0.25, -0.2) is 4.98 Å². The van der Waals surface area contributed by atoms with Crippen molar-refractivity contribution in [3.63, 3.8) is 0 Å². The van der Waals surface area contributed by atoms with Gasteiger partial charge in [-0.1, -0.05) is 12.1 Å². The molecular weight excluding hydrogens is 316 g/mol. The van der Waals surface area contributed by atoms with Gasteiger partial charge in [-0.05, 0) is 44.4 Å². The van der Waals surface area contributed by atoms with Crippen molar-refractivity contribution in [2.45, 2.75) is 39.3 Å². The molecule has 0 bridgehead atoms. The van der Waals surface area contributed by atoms with Gasteiger partial charge in [0.05, 0.1) is 17.5 Å². The first-order valence-electron chi connectivity index (χ1n) is 8.64. The third-order valence-corrected chi connectivity index (χ3v) is 4.24. The van der Waals surface area contributed by atoms with Crippen LogP contribution in [0.25, 0.3) is 0 Å². The summed E-state index contributed by atoms with van der Waals surface area (Å²) in [6, 6.07) is 7.61. The molecule has 3 rings (SSSR count). The number of hydrogen-bond donors (Lipinski definition) is 2. The van der Waals surface area contributed by atoms with Crippen LogP contribution in [0.4, 0.5) is 5.82 Å². The molecule has 2 aromatic rings. The molecule has 0 saturated carbocycles. The van der Waals surface area contributed by atoms with Gasteiger partial charge in [0.15, 0.2) is 0 Å². The minimum Gasteiger partial charge on any atom is -0.376 e. The number of aryl methyl sites for hydroxylation is 2. The number of carbonyl (C=O) groups excluding carboxylic acids is 1. The van der Waals surface area contributed by atoms with E-state index >= 15 is 0 Å². The van der Waals surface area contributed by atoms with Crippen LogP contribution in [0.1, 0.15) is 40.2 Å². The Labute approximate surface area is 148 Å². The number of rotatable bonds is 6. The Morgan fingerprint density at radius 2 is 2.24 bits per heavy atom. The summed E-state index contributed by atoms with van der Waals surface area (Å²) in [6.07, 6.45) is 3.99. The molecule has 2 N–H and O–H groups in total. The van der Waals surface area contributed by atoms with Crippen molar-refractivity contribution >= 4 is 11.7 Å². The van der Waals surface area contributed by atoms with E-state index in [1.807, 2.05) is 38.1 Å². The molecular formula is C19H24N4O2. The van der Waals surface area contributed by atoms with Gasteiger partial charge in [-0.2, -0.15) is 0 Å². The maximum atomic E-state index is 12.3. The average molecular weight is 340 g/mol. The molecule has 1 aliphatic heterocycles. The summed E-state index contributed by atoms with van der Waals surface area (Å²) in [4.78, 5) is 21.1. The highest BCUT2D eigenvalue weighted by Crippen LogP contribution is 2.13. The second kappa shape index (κ2) is 8.07. The number of ether oxygens (including phenoxy) is 1. The summed E-state index contributed by atoms with van der Waals surface area (Å²) in [5.74, 6) is 0.706. The Morgan fingerprint density at radius 3 is 3.04 bits per heavy atom. The molecule has 1 unspecified atom stereocenters. The van der Waals surface area contributed by atoms with Crippen LogP contribution < -0.4 is 10.6 Å². The van der Waals surface area contributed by atoms with Crippen LogP contribution in [0.5, 0.6) is 0 Å². The molecule has 6 heteroatoms. The second-order valence-corrected chi connectivity index (χ2v) is 6.34. The van der Waals surface area contributed by atoms with E-state index in [4.69, 9.17) is 4.74 Å². The van der Waals surface area contributed by atoms with Crippen molar-refractivity contribution < 1.29 is 9.53 Å². The van der Waals surface area contributed by atoms with E-state index in [9.17, 15) is 4.79 Å². The Bertz CT molecular complexity index is 742. The quantitative estimate of drug-likeness (QED) is 0.845. The van der Waals surface area contributed by atoms with E-state index in [1.54, 1.807) is 6.20 Å². The van der Waals surface area contributed by atoms with E-state index in [-0.39, 0.29) is 12.0 Å². The van der Waals surface area contributed by atoms with Gasteiger partial charge in [-0.15, -0.1) is 0 Å². The first-order chi connectivity index (χ1) is 12.1. The first kappa shape index (κ1) is 17.4. The summed E-state index contributed by atoms with van der Waals surface area (Å²) in [6.45, 7) is 5.79. The molecule has 0 spiro atoms. The zero-order valence-corrected chi connectivity index (χ0v) is 14.7. The van der Waals surface area contributed by atoms with E-state index in [0.717, 1.165) is 42.2 Å². The highest BCUT2D eigenvalue weighted by molar-refractivity contribution is 5.94. The smallest absolute Gasteiger partial charge is 0.251 e. The molecule has 1 fully saturated rings. The largest absolute Gasteiger partial charge is 0.376 e. The fraction of sp³-hybridized carbons (Fsp3) is 0.421. The summed E-state index contributed by atoms with van der Waals surface area (Å²) < 4.78 is 5.53. The number of benzene rings is 1. The highest BCUT2D eigenvalue weighted by Gasteiger charge is 2.16. The predicted molar refractivity (Wildman–Crippen MR) is 96.6 cm³/mol. The normalized spacial score (nSPS) is 16.6. The van der Waals surface area contributed by atoms with E-state index in [2.05, 4.69) is 20.6 Å². The summed E-state index contributed by atoms with van der Waals surface area (Å²) in [7, 11) is 0. The van der Waals surface area contributed by atoms with Gasteiger partial charge in [0.25, 0.3) is 5.91 Å². The predicted octanol–water partition coefficient (Wildman–Crippen LogP) is 2.61. The monoisotopic (exact) mass is 340 g/mol. The van der Waals surface area contributed by atoms with Gasteiger partial charge < -0.3 is 15.4 Å². The van der Waals surface area contributed by atoms with Crippen LogP contribution in [0.15, 0.2) is 30.5 Å². The van der Waals surface area contributed by atoms with Crippen molar-refractivity contribution in [2.24, 2.45) is 0 Å². The fourth-order valence-electron chi connectivity index (χ4n) is 2.83. The zero-order valence-electron chi connectivity index (χ0n) is 14.7. The molecule has 0 aliphatic carbocycles. The van der Waals surface area contributed by atoms with Crippen LogP contribution in [0.3, 0.4) is 0 Å². The first-order valence-corrected chi connectivity index (χ1v) is 8.64. The number of carbonyl (C=O) groups is 1. The lowest BCUT2D eigenvalue weighted by atomic mass is 10.1. The lowest BCUT2D eigenvalue weighted by molar-refractivity contribution is 0.0857. The van der Waals surface area contributed by atoms with Gasteiger partial charge in [0, 0.05) is 31.5 Å². The molecule has 2 heterocycles.